The molecule has 5 rings (SSSR count). The molecule has 2 heteroatoms. The summed E-state index contributed by atoms with van der Waals surface area (Å²) in [5.74, 6) is 0. The van der Waals surface area contributed by atoms with Gasteiger partial charge in [-0.15, -0.1) is 0 Å². The second kappa shape index (κ2) is 4.92. The van der Waals surface area contributed by atoms with E-state index in [0.29, 0.717) is 0 Å². The average molecular weight is 287 g/mol. The number of hydrogen-bond donors (Lipinski definition) is 1. The van der Waals surface area contributed by atoms with Gasteiger partial charge in [-0.25, -0.2) is 0 Å². The minimum Gasteiger partial charge on any atom is -0.455 e. The molecule has 0 saturated heterocycles. The van der Waals surface area contributed by atoms with E-state index < -0.39 is 0 Å². The zero-order chi connectivity index (χ0) is 15.1. The smallest absolute Gasteiger partial charge is 0.145 e. The Morgan fingerprint density at radius 1 is 0.682 bits per heavy atom. The van der Waals surface area contributed by atoms with Crippen molar-refractivity contribution in [3.63, 3.8) is 0 Å². The number of aromatic nitrogens is 1. The van der Waals surface area contributed by atoms with Gasteiger partial charge in [0.05, 0.1) is 10.9 Å². The van der Waals surface area contributed by atoms with Crippen LogP contribution in [0.4, 0.5) is 0 Å². The first kappa shape index (κ1) is 13.0. The van der Waals surface area contributed by atoms with Crippen molar-refractivity contribution < 1.29 is 4.42 Å². The maximum absolute atomic E-state index is 6.11. The van der Waals surface area contributed by atoms with Gasteiger partial charge in [-0.3, -0.25) is 0 Å². The quantitative estimate of drug-likeness (QED) is 0.358. The first-order valence-electron chi connectivity index (χ1n) is 7.72. The average Bonchev–Trinajstić information content (AvgIpc) is 3.14. The van der Waals surface area contributed by atoms with Gasteiger partial charge in [-0.05, 0) is 24.3 Å². The van der Waals surface area contributed by atoms with Crippen molar-refractivity contribution in [3.8, 4) is 0 Å². The predicted molar refractivity (Wildman–Crippen MR) is 94.4 cm³/mol. The third kappa shape index (κ3) is 1.67. The first-order chi connectivity index (χ1) is 10.9. The number of benzene rings is 3. The lowest BCUT2D eigenvalue weighted by molar-refractivity contribution is 0.673. The normalized spacial score (nSPS) is 11.2. The minimum atomic E-state index is 0.945. The summed E-state index contributed by atoms with van der Waals surface area (Å²) in [6.45, 7) is 4.00. The predicted octanol–water partition coefficient (Wildman–Crippen LogP) is 6.25. The van der Waals surface area contributed by atoms with Gasteiger partial charge in [0.2, 0.25) is 0 Å². The number of aromatic amines is 1. The molecule has 0 bridgehead atoms. The van der Waals surface area contributed by atoms with Crippen LogP contribution in [0.1, 0.15) is 13.8 Å². The Hall–Kier alpha value is -2.74. The first-order valence-corrected chi connectivity index (χ1v) is 7.72. The van der Waals surface area contributed by atoms with Gasteiger partial charge in [0, 0.05) is 21.7 Å². The lowest BCUT2D eigenvalue weighted by atomic mass is 10.1. The number of fused-ring (bicyclic) bond motifs is 7. The van der Waals surface area contributed by atoms with Gasteiger partial charge < -0.3 is 9.40 Å². The Balaban J connectivity index is 0.000000602. The van der Waals surface area contributed by atoms with Crippen molar-refractivity contribution >= 4 is 43.7 Å². The van der Waals surface area contributed by atoms with Gasteiger partial charge in [0.25, 0.3) is 0 Å². The highest BCUT2D eigenvalue weighted by Gasteiger charge is 2.13. The summed E-state index contributed by atoms with van der Waals surface area (Å²) in [5.41, 5.74) is 4.19. The second-order valence-corrected chi connectivity index (χ2v) is 5.13. The molecule has 0 atom stereocenters. The summed E-state index contributed by atoms with van der Waals surface area (Å²) >= 11 is 0. The summed E-state index contributed by atoms with van der Waals surface area (Å²) < 4.78 is 6.11. The summed E-state index contributed by atoms with van der Waals surface area (Å²) in [4.78, 5) is 3.45. The molecule has 2 aromatic heterocycles. The van der Waals surface area contributed by atoms with E-state index in [1.807, 2.05) is 32.0 Å². The van der Waals surface area contributed by atoms with E-state index >= 15 is 0 Å². The Labute approximate surface area is 128 Å². The third-order valence-corrected chi connectivity index (χ3v) is 4.01. The monoisotopic (exact) mass is 287 g/mol. The van der Waals surface area contributed by atoms with Gasteiger partial charge >= 0.3 is 0 Å². The Morgan fingerprint density at radius 3 is 2.27 bits per heavy atom. The molecule has 1 N–H and O–H groups in total. The van der Waals surface area contributed by atoms with Crippen molar-refractivity contribution in [2.75, 3.05) is 0 Å². The fourth-order valence-corrected chi connectivity index (χ4v) is 3.12. The van der Waals surface area contributed by atoms with Gasteiger partial charge in [0.1, 0.15) is 11.2 Å². The van der Waals surface area contributed by atoms with Crippen LogP contribution < -0.4 is 0 Å². The topological polar surface area (TPSA) is 28.9 Å². The standard InChI is InChI=1S/C18H11NO.C2H6/c1-3-7-14-13(6-1)17-15(19-14)10-9-12-11-5-2-4-8-16(11)20-18(12)17;1-2/h1-10,19H;1-2H3. The molecule has 0 spiro atoms. The second-order valence-electron chi connectivity index (χ2n) is 5.13. The van der Waals surface area contributed by atoms with Crippen molar-refractivity contribution in [3.05, 3.63) is 60.7 Å². The van der Waals surface area contributed by atoms with Crippen LogP contribution in [0, 0.1) is 0 Å². The highest BCUT2D eigenvalue weighted by atomic mass is 16.3. The molecule has 2 nitrogen and oxygen atoms in total. The van der Waals surface area contributed by atoms with Crippen LogP contribution in [0.2, 0.25) is 0 Å². The number of nitrogens with one attached hydrogen (secondary N) is 1. The van der Waals surface area contributed by atoms with Gasteiger partial charge in [-0.2, -0.15) is 0 Å². The highest BCUT2D eigenvalue weighted by Crippen LogP contribution is 2.37. The largest absolute Gasteiger partial charge is 0.455 e. The van der Waals surface area contributed by atoms with Crippen LogP contribution in [-0.4, -0.2) is 4.98 Å². The van der Waals surface area contributed by atoms with E-state index in [-0.39, 0.29) is 0 Å². The van der Waals surface area contributed by atoms with Crippen molar-refractivity contribution in [2.45, 2.75) is 13.8 Å². The highest BCUT2D eigenvalue weighted by molar-refractivity contribution is 6.22. The fourth-order valence-electron chi connectivity index (χ4n) is 3.12. The van der Waals surface area contributed by atoms with E-state index in [0.717, 1.165) is 22.2 Å². The summed E-state index contributed by atoms with van der Waals surface area (Å²) in [5, 5.41) is 4.74. The fraction of sp³-hybridized carbons (Fsp3) is 0.100. The van der Waals surface area contributed by atoms with Crippen molar-refractivity contribution in [1.29, 1.82) is 0 Å². The summed E-state index contributed by atoms with van der Waals surface area (Å²) in [6, 6.07) is 20.8. The molecular weight excluding hydrogens is 270 g/mol. The number of para-hydroxylation sites is 2. The van der Waals surface area contributed by atoms with Gasteiger partial charge in [0.15, 0.2) is 0 Å². The molecule has 0 aliphatic heterocycles. The van der Waals surface area contributed by atoms with Crippen LogP contribution >= 0.6 is 0 Å². The van der Waals surface area contributed by atoms with E-state index in [2.05, 4.69) is 47.4 Å². The number of H-pyrrole nitrogens is 1. The zero-order valence-electron chi connectivity index (χ0n) is 12.7. The van der Waals surface area contributed by atoms with E-state index in [4.69, 9.17) is 4.42 Å². The SMILES string of the molecule is CC.c1ccc2c(c1)[nH]c1ccc3c4ccccc4oc3c12. The maximum atomic E-state index is 6.11. The van der Waals surface area contributed by atoms with E-state index in [9.17, 15) is 0 Å². The van der Waals surface area contributed by atoms with E-state index in [1.165, 1.54) is 21.5 Å². The van der Waals surface area contributed by atoms with Gasteiger partial charge in [-0.1, -0.05) is 50.2 Å². The Morgan fingerprint density at radius 2 is 1.41 bits per heavy atom. The summed E-state index contributed by atoms with van der Waals surface area (Å²) in [6.07, 6.45) is 0. The number of rotatable bonds is 0. The van der Waals surface area contributed by atoms with Crippen molar-refractivity contribution in [1.82, 2.24) is 4.98 Å². The molecule has 0 aliphatic carbocycles. The lowest BCUT2D eigenvalue weighted by Crippen LogP contribution is -1.69. The molecule has 0 radical (unpaired) electrons. The van der Waals surface area contributed by atoms with Crippen LogP contribution in [0.15, 0.2) is 65.1 Å². The molecule has 5 aromatic rings. The zero-order valence-corrected chi connectivity index (χ0v) is 12.7. The molecule has 2 heterocycles. The Kier molecular flexibility index (Phi) is 2.90. The van der Waals surface area contributed by atoms with Crippen molar-refractivity contribution in [2.24, 2.45) is 0 Å². The van der Waals surface area contributed by atoms with Crippen LogP contribution in [-0.2, 0) is 0 Å². The summed E-state index contributed by atoms with van der Waals surface area (Å²) in [7, 11) is 0. The minimum absolute atomic E-state index is 0.945. The molecule has 0 amide bonds. The number of furan rings is 1. The molecule has 108 valence electrons. The van der Waals surface area contributed by atoms with E-state index in [1.54, 1.807) is 0 Å². The molecular formula is C20H17NO. The Bertz CT molecular complexity index is 1100. The van der Waals surface area contributed by atoms with Crippen LogP contribution in [0.5, 0.6) is 0 Å². The maximum Gasteiger partial charge on any atom is 0.145 e. The molecule has 0 fully saturated rings. The lowest BCUT2D eigenvalue weighted by Gasteiger charge is -1.93. The van der Waals surface area contributed by atoms with Crippen LogP contribution in [0.3, 0.4) is 0 Å². The molecule has 0 aliphatic rings. The van der Waals surface area contributed by atoms with Crippen LogP contribution in [0.25, 0.3) is 43.7 Å². The molecule has 0 saturated carbocycles. The molecule has 3 aromatic carbocycles. The molecule has 22 heavy (non-hydrogen) atoms. The molecule has 0 unspecified atom stereocenters. The number of hydrogen-bond acceptors (Lipinski definition) is 1. The third-order valence-electron chi connectivity index (χ3n) is 4.01.